The van der Waals surface area contributed by atoms with Crippen LogP contribution in [0.25, 0.3) is 0 Å². The number of aliphatic hydroxyl groups is 1. The molecule has 7 heteroatoms. The topological polar surface area (TPSA) is 72.0 Å². The molecule has 1 fully saturated rings. The van der Waals surface area contributed by atoms with Crippen LogP contribution in [0.15, 0.2) is 24.9 Å². The molecule has 3 rings (SSSR count). The molecule has 0 bridgehead atoms. The molecule has 0 saturated carbocycles. The lowest BCUT2D eigenvalue weighted by molar-refractivity contribution is 0.126. The zero-order chi connectivity index (χ0) is 15.2. The first kappa shape index (κ1) is 15.2. The molecule has 2 aromatic heterocycles. The average molecular weight is 304 g/mol. The van der Waals surface area contributed by atoms with Gasteiger partial charge in [0.1, 0.15) is 0 Å². The number of hydrogen-bond donors (Lipinski definition) is 1. The standard InChI is InChI=1S/C15H24N6O/c22-12-14-2-7-19(8-3-14)10-15-11-21(18-17-15)6-1-5-20-9-4-16-13-20/h4,9,11,13-14,22H,1-3,5-8,10,12H2. The Kier molecular flexibility index (Phi) is 5.18. The molecule has 0 aromatic carbocycles. The fourth-order valence-electron chi connectivity index (χ4n) is 2.91. The predicted molar refractivity (Wildman–Crippen MR) is 82.0 cm³/mol. The second-order valence-corrected chi connectivity index (χ2v) is 6.03. The number of aliphatic hydroxyl groups excluding tert-OH is 1. The summed E-state index contributed by atoms with van der Waals surface area (Å²) in [5.74, 6) is 0.482. The molecule has 120 valence electrons. The number of hydrogen-bond acceptors (Lipinski definition) is 5. The van der Waals surface area contributed by atoms with Gasteiger partial charge in [0.25, 0.3) is 0 Å². The third kappa shape index (κ3) is 4.14. The summed E-state index contributed by atoms with van der Waals surface area (Å²) in [5.41, 5.74) is 1.03. The van der Waals surface area contributed by atoms with Gasteiger partial charge >= 0.3 is 0 Å². The van der Waals surface area contributed by atoms with E-state index in [4.69, 9.17) is 0 Å². The number of aromatic nitrogens is 5. The van der Waals surface area contributed by atoms with E-state index >= 15 is 0 Å². The summed E-state index contributed by atoms with van der Waals surface area (Å²) in [4.78, 5) is 6.43. The van der Waals surface area contributed by atoms with Gasteiger partial charge < -0.3 is 9.67 Å². The molecular formula is C15H24N6O. The number of piperidine rings is 1. The summed E-state index contributed by atoms with van der Waals surface area (Å²) in [6, 6.07) is 0. The van der Waals surface area contributed by atoms with Crippen molar-refractivity contribution in [2.75, 3.05) is 19.7 Å². The molecule has 22 heavy (non-hydrogen) atoms. The molecule has 7 nitrogen and oxygen atoms in total. The van der Waals surface area contributed by atoms with Gasteiger partial charge in [0.2, 0.25) is 0 Å². The smallest absolute Gasteiger partial charge is 0.0967 e. The van der Waals surface area contributed by atoms with Gasteiger partial charge in [-0.2, -0.15) is 0 Å². The fourth-order valence-corrected chi connectivity index (χ4v) is 2.91. The molecular weight excluding hydrogens is 280 g/mol. The first-order chi connectivity index (χ1) is 10.8. The lowest BCUT2D eigenvalue weighted by Gasteiger charge is -2.30. The lowest BCUT2D eigenvalue weighted by Crippen LogP contribution is -2.34. The van der Waals surface area contributed by atoms with Gasteiger partial charge in [-0.1, -0.05) is 5.21 Å². The van der Waals surface area contributed by atoms with Crippen LogP contribution in [0.1, 0.15) is 25.0 Å². The summed E-state index contributed by atoms with van der Waals surface area (Å²) in [6.07, 6.45) is 10.8. The molecule has 0 aliphatic carbocycles. The summed E-state index contributed by atoms with van der Waals surface area (Å²) in [7, 11) is 0. The number of aryl methyl sites for hydroxylation is 2. The van der Waals surface area contributed by atoms with E-state index in [9.17, 15) is 5.11 Å². The molecule has 1 saturated heterocycles. The summed E-state index contributed by atoms with van der Waals surface area (Å²) < 4.78 is 4.00. The molecule has 1 N–H and O–H groups in total. The van der Waals surface area contributed by atoms with Crippen molar-refractivity contribution in [2.24, 2.45) is 5.92 Å². The van der Waals surface area contributed by atoms with Crippen LogP contribution in [0.3, 0.4) is 0 Å². The molecule has 3 heterocycles. The Bertz CT molecular complexity index is 544. The van der Waals surface area contributed by atoms with Gasteiger partial charge in [-0.3, -0.25) is 9.58 Å². The Morgan fingerprint density at radius 3 is 2.82 bits per heavy atom. The third-order valence-electron chi connectivity index (χ3n) is 4.30. The number of imidazole rings is 1. The maximum atomic E-state index is 9.17. The van der Waals surface area contributed by atoms with Gasteiger partial charge in [0.15, 0.2) is 0 Å². The van der Waals surface area contributed by atoms with Crippen LogP contribution in [-0.4, -0.2) is 54.2 Å². The minimum absolute atomic E-state index is 0.320. The van der Waals surface area contributed by atoms with Gasteiger partial charge in [0, 0.05) is 44.8 Å². The van der Waals surface area contributed by atoms with Crippen molar-refractivity contribution in [3.05, 3.63) is 30.6 Å². The van der Waals surface area contributed by atoms with Gasteiger partial charge in [-0.25, -0.2) is 4.98 Å². The molecule has 0 atom stereocenters. The van der Waals surface area contributed by atoms with E-state index < -0.39 is 0 Å². The highest BCUT2D eigenvalue weighted by molar-refractivity contribution is 4.93. The Morgan fingerprint density at radius 2 is 2.09 bits per heavy atom. The fraction of sp³-hybridized carbons (Fsp3) is 0.667. The maximum absolute atomic E-state index is 9.17. The average Bonchev–Trinajstić information content (AvgIpc) is 3.20. The van der Waals surface area contributed by atoms with Crippen molar-refractivity contribution < 1.29 is 5.11 Å². The Labute approximate surface area is 130 Å². The van der Waals surface area contributed by atoms with Gasteiger partial charge in [-0.05, 0) is 38.3 Å². The molecule has 0 amide bonds. The van der Waals surface area contributed by atoms with E-state index in [1.807, 2.05) is 23.4 Å². The number of nitrogens with zero attached hydrogens (tertiary/aromatic N) is 6. The van der Waals surface area contributed by atoms with Crippen LogP contribution < -0.4 is 0 Å². The van der Waals surface area contributed by atoms with Crippen LogP contribution in [0, 0.1) is 5.92 Å². The highest BCUT2D eigenvalue weighted by Crippen LogP contribution is 2.17. The van der Waals surface area contributed by atoms with Crippen molar-refractivity contribution in [2.45, 2.75) is 38.9 Å². The quantitative estimate of drug-likeness (QED) is 0.818. The Balaban J connectivity index is 1.41. The summed E-state index contributed by atoms with van der Waals surface area (Å²) >= 11 is 0. The normalized spacial score (nSPS) is 17.1. The molecule has 2 aromatic rings. The highest BCUT2D eigenvalue weighted by atomic mass is 16.3. The molecule has 0 unspecified atom stereocenters. The van der Waals surface area contributed by atoms with Crippen LogP contribution >= 0.6 is 0 Å². The Hall–Kier alpha value is -1.73. The maximum Gasteiger partial charge on any atom is 0.0967 e. The first-order valence-electron chi connectivity index (χ1n) is 8.01. The zero-order valence-corrected chi connectivity index (χ0v) is 12.9. The first-order valence-corrected chi connectivity index (χ1v) is 8.01. The molecule has 0 radical (unpaired) electrons. The SMILES string of the molecule is OCC1CCN(Cc2cn(CCCn3ccnc3)nn2)CC1. The number of rotatable bonds is 7. The van der Waals surface area contributed by atoms with E-state index in [0.717, 1.165) is 57.7 Å². The highest BCUT2D eigenvalue weighted by Gasteiger charge is 2.19. The van der Waals surface area contributed by atoms with Crippen LogP contribution in [0.4, 0.5) is 0 Å². The van der Waals surface area contributed by atoms with E-state index in [0.29, 0.717) is 12.5 Å². The molecule has 1 aliphatic heterocycles. The van der Waals surface area contributed by atoms with E-state index in [-0.39, 0.29) is 0 Å². The third-order valence-corrected chi connectivity index (χ3v) is 4.30. The number of likely N-dealkylation sites (tertiary alicyclic amines) is 1. The van der Waals surface area contributed by atoms with Crippen molar-refractivity contribution >= 4 is 0 Å². The second kappa shape index (κ2) is 7.51. The minimum Gasteiger partial charge on any atom is -0.396 e. The van der Waals surface area contributed by atoms with E-state index in [1.54, 1.807) is 6.20 Å². The van der Waals surface area contributed by atoms with Crippen LogP contribution in [-0.2, 0) is 19.6 Å². The van der Waals surface area contributed by atoms with Gasteiger partial charge in [-0.15, -0.1) is 5.10 Å². The van der Waals surface area contributed by atoms with Crippen molar-refractivity contribution in [1.82, 2.24) is 29.4 Å². The summed E-state index contributed by atoms with van der Waals surface area (Å²) in [5, 5.41) is 17.6. The lowest BCUT2D eigenvalue weighted by atomic mass is 9.98. The van der Waals surface area contributed by atoms with Crippen molar-refractivity contribution in [1.29, 1.82) is 0 Å². The predicted octanol–water partition coefficient (Wildman–Crippen LogP) is 0.769. The van der Waals surface area contributed by atoms with Crippen molar-refractivity contribution in [3.63, 3.8) is 0 Å². The second-order valence-electron chi connectivity index (χ2n) is 6.03. The largest absolute Gasteiger partial charge is 0.396 e. The van der Waals surface area contributed by atoms with Gasteiger partial charge in [0.05, 0.1) is 12.0 Å². The Morgan fingerprint density at radius 1 is 1.23 bits per heavy atom. The van der Waals surface area contributed by atoms with E-state index in [2.05, 4.69) is 24.8 Å². The summed E-state index contributed by atoms with van der Waals surface area (Å²) in [6.45, 7) is 5.08. The zero-order valence-electron chi connectivity index (χ0n) is 12.9. The monoisotopic (exact) mass is 304 g/mol. The van der Waals surface area contributed by atoms with Crippen LogP contribution in [0.5, 0.6) is 0 Å². The van der Waals surface area contributed by atoms with E-state index in [1.165, 1.54) is 0 Å². The molecule has 1 aliphatic rings. The minimum atomic E-state index is 0.320. The van der Waals surface area contributed by atoms with Crippen molar-refractivity contribution in [3.8, 4) is 0 Å². The molecule has 0 spiro atoms. The van der Waals surface area contributed by atoms with Crippen LogP contribution in [0.2, 0.25) is 0 Å².